The molecule has 0 fully saturated rings. The van der Waals surface area contributed by atoms with Crippen molar-refractivity contribution in [1.82, 2.24) is 4.72 Å². The summed E-state index contributed by atoms with van der Waals surface area (Å²) in [6.45, 7) is 10.5. The van der Waals surface area contributed by atoms with Crippen molar-refractivity contribution in [3.05, 3.63) is 28.3 Å². The Morgan fingerprint density at radius 2 is 1.53 bits per heavy atom. The van der Waals surface area contributed by atoms with Crippen molar-refractivity contribution in [2.45, 2.75) is 52.0 Å². The Bertz CT molecular complexity index is 557. The Morgan fingerprint density at radius 3 is 1.89 bits per heavy atom. The van der Waals surface area contributed by atoms with Crippen LogP contribution in [0.15, 0.2) is 11.0 Å². The maximum absolute atomic E-state index is 12.4. The van der Waals surface area contributed by atoms with E-state index >= 15 is 0 Å². The van der Waals surface area contributed by atoms with Crippen molar-refractivity contribution in [1.29, 1.82) is 0 Å². The van der Waals surface area contributed by atoms with Gasteiger partial charge in [-0.2, -0.15) is 0 Å². The number of rotatable bonds is 4. The lowest BCUT2D eigenvalue weighted by molar-refractivity contribution is 0.0857. The van der Waals surface area contributed by atoms with Crippen LogP contribution in [0.5, 0.6) is 0 Å². The summed E-state index contributed by atoms with van der Waals surface area (Å²) in [5.41, 5.74) is 2.34. The van der Waals surface area contributed by atoms with E-state index in [1.54, 1.807) is 27.7 Å². The molecule has 5 heteroatoms. The van der Waals surface area contributed by atoms with Gasteiger partial charge in [-0.3, -0.25) is 0 Å². The molecule has 1 aromatic carbocycles. The van der Waals surface area contributed by atoms with Gasteiger partial charge >= 0.3 is 0 Å². The second kappa shape index (κ2) is 5.23. The van der Waals surface area contributed by atoms with E-state index in [-0.39, 0.29) is 6.54 Å². The SMILES string of the molecule is Cc1cc(C)c(C)c(S(=O)(=O)NCC(C)(C)O)c1C. The summed E-state index contributed by atoms with van der Waals surface area (Å²) in [5.74, 6) is 0. The molecule has 108 valence electrons. The standard InChI is InChI=1S/C14H23NO3S/c1-9-7-10(2)12(4)13(11(9)3)19(17,18)15-8-14(5,6)16/h7,15-16H,8H2,1-6H3. The Balaban J connectivity index is 3.30. The van der Waals surface area contributed by atoms with E-state index in [9.17, 15) is 13.5 Å². The van der Waals surface area contributed by atoms with Crippen molar-refractivity contribution >= 4 is 10.0 Å². The maximum Gasteiger partial charge on any atom is 0.241 e. The van der Waals surface area contributed by atoms with Gasteiger partial charge in [0.2, 0.25) is 10.0 Å². The largest absolute Gasteiger partial charge is 0.389 e. The first-order valence-corrected chi connectivity index (χ1v) is 7.73. The molecule has 0 spiro atoms. The summed E-state index contributed by atoms with van der Waals surface area (Å²) in [6, 6.07) is 1.99. The molecule has 0 aliphatic rings. The van der Waals surface area contributed by atoms with Gasteiger partial charge in [0.05, 0.1) is 10.5 Å². The molecule has 0 atom stereocenters. The highest BCUT2D eigenvalue weighted by Crippen LogP contribution is 2.25. The van der Waals surface area contributed by atoms with Gasteiger partial charge in [-0.15, -0.1) is 0 Å². The third-order valence-electron chi connectivity index (χ3n) is 3.26. The first-order valence-electron chi connectivity index (χ1n) is 6.25. The fraction of sp³-hybridized carbons (Fsp3) is 0.571. The average molecular weight is 285 g/mol. The van der Waals surface area contributed by atoms with Crippen LogP contribution in [-0.4, -0.2) is 25.7 Å². The van der Waals surface area contributed by atoms with Crippen LogP contribution >= 0.6 is 0 Å². The predicted molar refractivity (Wildman–Crippen MR) is 76.9 cm³/mol. The smallest absolute Gasteiger partial charge is 0.241 e. The number of hydrogen-bond donors (Lipinski definition) is 2. The lowest BCUT2D eigenvalue weighted by Gasteiger charge is -2.20. The van der Waals surface area contributed by atoms with Gasteiger partial charge < -0.3 is 5.11 Å². The molecule has 0 aliphatic heterocycles. The molecule has 0 aromatic heterocycles. The highest BCUT2D eigenvalue weighted by molar-refractivity contribution is 7.89. The fourth-order valence-corrected chi connectivity index (χ4v) is 3.74. The molecule has 0 aliphatic carbocycles. The zero-order valence-corrected chi connectivity index (χ0v) is 13.3. The molecular weight excluding hydrogens is 262 g/mol. The molecular formula is C14H23NO3S. The maximum atomic E-state index is 12.4. The van der Waals surface area contributed by atoms with Crippen LogP contribution in [0, 0.1) is 27.7 Å². The minimum atomic E-state index is -3.61. The van der Waals surface area contributed by atoms with E-state index in [0.29, 0.717) is 4.90 Å². The molecule has 0 unspecified atom stereocenters. The molecule has 0 saturated heterocycles. The van der Waals surface area contributed by atoms with Gasteiger partial charge in [0.25, 0.3) is 0 Å². The summed E-state index contributed by atoms with van der Waals surface area (Å²) in [4.78, 5) is 0.328. The van der Waals surface area contributed by atoms with E-state index in [4.69, 9.17) is 0 Å². The Kier molecular flexibility index (Phi) is 4.44. The van der Waals surface area contributed by atoms with Crippen LogP contribution in [-0.2, 0) is 10.0 Å². The summed E-state index contributed by atoms with van der Waals surface area (Å²) in [7, 11) is -3.61. The minimum absolute atomic E-state index is 0.0127. The van der Waals surface area contributed by atoms with Crippen LogP contribution in [0.1, 0.15) is 36.1 Å². The second-order valence-corrected chi connectivity index (χ2v) is 7.43. The van der Waals surface area contributed by atoms with Gasteiger partial charge in [0, 0.05) is 6.54 Å². The Hall–Kier alpha value is -0.910. The molecule has 19 heavy (non-hydrogen) atoms. The van der Waals surface area contributed by atoms with Crippen LogP contribution in [0.2, 0.25) is 0 Å². The van der Waals surface area contributed by atoms with E-state index < -0.39 is 15.6 Å². The van der Waals surface area contributed by atoms with Gasteiger partial charge in [0.1, 0.15) is 0 Å². The van der Waals surface area contributed by atoms with Gasteiger partial charge in [-0.05, 0) is 63.8 Å². The minimum Gasteiger partial charge on any atom is -0.389 e. The summed E-state index contributed by atoms with van der Waals surface area (Å²) in [5, 5.41) is 9.65. The number of aryl methyl sites for hydroxylation is 2. The van der Waals surface area contributed by atoms with Crippen molar-refractivity contribution in [3.8, 4) is 0 Å². The number of nitrogens with one attached hydrogen (secondary N) is 1. The zero-order chi connectivity index (χ0) is 15.0. The lowest BCUT2D eigenvalue weighted by Crippen LogP contribution is -2.38. The first-order chi connectivity index (χ1) is 8.46. The van der Waals surface area contributed by atoms with Gasteiger partial charge in [0.15, 0.2) is 0 Å². The molecule has 0 saturated carbocycles. The zero-order valence-electron chi connectivity index (χ0n) is 12.5. The number of benzene rings is 1. The van der Waals surface area contributed by atoms with Gasteiger partial charge in [-0.25, -0.2) is 13.1 Å². The molecule has 1 aromatic rings. The molecule has 0 amide bonds. The fourth-order valence-electron chi connectivity index (χ4n) is 1.93. The third-order valence-corrected chi connectivity index (χ3v) is 4.93. The van der Waals surface area contributed by atoms with Crippen LogP contribution in [0.25, 0.3) is 0 Å². The quantitative estimate of drug-likeness (QED) is 0.889. The first kappa shape index (κ1) is 16.1. The molecule has 0 radical (unpaired) electrons. The van der Waals surface area contributed by atoms with E-state index in [1.165, 1.54) is 0 Å². The van der Waals surface area contributed by atoms with Crippen LogP contribution < -0.4 is 4.72 Å². The number of hydrogen-bond acceptors (Lipinski definition) is 3. The third kappa shape index (κ3) is 3.78. The van der Waals surface area contributed by atoms with Crippen molar-refractivity contribution in [3.63, 3.8) is 0 Å². The normalized spacial score (nSPS) is 12.8. The predicted octanol–water partition coefficient (Wildman–Crippen LogP) is 1.97. The second-order valence-electron chi connectivity index (χ2n) is 5.73. The highest BCUT2D eigenvalue weighted by Gasteiger charge is 2.24. The van der Waals surface area contributed by atoms with Crippen LogP contribution in [0.4, 0.5) is 0 Å². The van der Waals surface area contributed by atoms with E-state index in [2.05, 4.69) is 4.72 Å². The topological polar surface area (TPSA) is 66.4 Å². The monoisotopic (exact) mass is 285 g/mol. The van der Waals surface area contributed by atoms with Crippen molar-refractivity contribution < 1.29 is 13.5 Å². The van der Waals surface area contributed by atoms with E-state index in [0.717, 1.165) is 22.3 Å². The average Bonchev–Trinajstić information content (AvgIpc) is 2.23. The highest BCUT2D eigenvalue weighted by atomic mass is 32.2. The number of aliphatic hydroxyl groups is 1. The number of sulfonamides is 1. The van der Waals surface area contributed by atoms with Crippen LogP contribution in [0.3, 0.4) is 0 Å². The Labute approximate surface area is 115 Å². The summed E-state index contributed by atoms with van der Waals surface area (Å²) >= 11 is 0. The van der Waals surface area contributed by atoms with Crippen molar-refractivity contribution in [2.24, 2.45) is 0 Å². The molecule has 1 rings (SSSR count). The lowest BCUT2D eigenvalue weighted by atomic mass is 10.0. The molecule has 4 nitrogen and oxygen atoms in total. The molecule has 0 heterocycles. The Morgan fingerprint density at radius 1 is 1.11 bits per heavy atom. The van der Waals surface area contributed by atoms with Crippen molar-refractivity contribution in [2.75, 3.05) is 6.54 Å². The summed E-state index contributed by atoms with van der Waals surface area (Å²) < 4.78 is 27.3. The van der Waals surface area contributed by atoms with E-state index in [1.807, 2.05) is 19.9 Å². The molecule has 2 N–H and O–H groups in total. The molecule has 0 bridgehead atoms. The van der Waals surface area contributed by atoms with Gasteiger partial charge in [-0.1, -0.05) is 6.07 Å². The summed E-state index contributed by atoms with van der Waals surface area (Å²) in [6.07, 6.45) is 0.